The van der Waals surface area contributed by atoms with Crippen LogP contribution in [0, 0.1) is 0 Å². The third-order valence-electron chi connectivity index (χ3n) is 2.43. The van der Waals surface area contributed by atoms with Crippen molar-refractivity contribution in [2.45, 2.75) is 26.1 Å². The summed E-state index contributed by atoms with van der Waals surface area (Å²) < 4.78 is 38.2. The molecule has 1 aromatic rings. The number of carbonyl (C=O) groups excluding carboxylic acids is 1. The zero-order chi connectivity index (χ0) is 14.8. The van der Waals surface area contributed by atoms with Crippen LogP contribution in [0.5, 0.6) is 0 Å². The number of nitrogens with one attached hydrogen (secondary N) is 1. The van der Waals surface area contributed by atoms with Gasteiger partial charge in [0.1, 0.15) is 0 Å². The molecular weight excluding hydrogens is 316 g/mol. The first-order chi connectivity index (χ1) is 8.62. The van der Waals surface area contributed by atoms with E-state index in [1.54, 1.807) is 0 Å². The van der Waals surface area contributed by atoms with Crippen LogP contribution in [0.25, 0.3) is 0 Å². The van der Waals surface area contributed by atoms with Gasteiger partial charge >= 0.3 is 6.18 Å². The molecule has 3 N–H and O–H groups in total. The fourth-order valence-electron chi connectivity index (χ4n) is 1.41. The Morgan fingerprint density at radius 3 is 2.40 bits per heavy atom. The van der Waals surface area contributed by atoms with E-state index in [9.17, 15) is 18.0 Å². The number of rotatable bonds is 4. The van der Waals surface area contributed by atoms with Gasteiger partial charge < -0.3 is 11.1 Å². The molecule has 0 heterocycles. The van der Waals surface area contributed by atoms with Gasteiger partial charge in [-0.2, -0.15) is 13.2 Å². The third-order valence-corrected chi connectivity index (χ3v) is 2.74. The van der Waals surface area contributed by atoms with Gasteiger partial charge in [0.2, 0.25) is 0 Å². The maximum atomic E-state index is 12.7. The van der Waals surface area contributed by atoms with E-state index in [0.717, 1.165) is 12.1 Å². The number of Topliss-reactive ketones (excluding diaryl/α,β-unsaturated/α-hetero) is 1. The number of alkyl halides is 3. The normalized spacial score (nSPS) is 11.3. The van der Waals surface area contributed by atoms with Gasteiger partial charge in [0.05, 0.1) is 22.8 Å². The van der Waals surface area contributed by atoms with Gasteiger partial charge in [0, 0.05) is 11.6 Å². The predicted octanol–water partition coefficient (Wildman–Crippen LogP) is 3.54. The Balaban J connectivity index is 0.00000361. The van der Waals surface area contributed by atoms with Gasteiger partial charge in [-0.3, -0.25) is 4.79 Å². The highest BCUT2D eigenvalue weighted by Crippen LogP contribution is 2.37. The van der Waals surface area contributed by atoms with Crippen LogP contribution in [0.2, 0.25) is 5.02 Å². The molecule has 8 heteroatoms. The van der Waals surface area contributed by atoms with Gasteiger partial charge in [-0.05, 0) is 12.1 Å². The minimum Gasteiger partial charge on any atom is -0.397 e. The van der Waals surface area contributed by atoms with E-state index in [0.29, 0.717) is 0 Å². The molecule has 0 spiro atoms. The number of anilines is 1. The molecular formula is C12H15Cl2F3N2O. The topological polar surface area (TPSA) is 55.1 Å². The molecule has 0 atom stereocenters. The maximum Gasteiger partial charge on any atom is 0.418 e. The van der Waals surface area contributed by atoms with Crippen molar-refractivity contribution in [1.29, 1.82) is 0 Å². The summed E-state index contributed by atoms with van der Waals surface area (Å²) in [5, 5.41) is 2.56. The first-order valence-electron chi connectivity index (χ1n) is 5.55. The Labute approximate surface area is 126 Å². The van der Waals surface area contributed by atoms with Crippen molar-refractivity contribution >= 4 is 35.5 Å². The van der Waals surface area contributed by atoms with Crippen LogP contribution in [0.4, 0.5) is 18.9 Å². The summed E-state index contributed by atoms with van der Waals surface area (Å²) in [6.07, 6.45) is -4.64. The second-order valence-corrected chi connectivity index (χ2v) is 4.78. The average molecular weight is 331 g/mol. The summed E-state index contributed by atoms with van der Waals surface area (Å²) in [4.78, 5) is 11.8. The minimum absolute atomic E-state index is 0. The summed E-state index contributed by atoms with van der Waals surface area (Å²) in [7, 11) is 0. The zero-order valence-electron chi connectivity index (χ0n) is 10.8. The fraction of sp³-hybridized carbons (Fsp3) is 0.417. The van der Waals surface area contributed by atoms with E-state index < -0.39 is 23.2 Å². The van der Waals surface area contributed by atoms with E-state index >= 15 is 0 Å². The molecule has 114 valence electrons. The first-order valence-corrected chi connectivity index (χ1v) is 5.93. The van der Waals surface area contributed by atoms with Crippen molar-refractivity contribution < 1.29 is 18.0 Å². The molecule has 0 saturated carbocycles. The quantitative estimate of drug-likeness (QED) is 0.655. The number of ketones is 1. The summed E-state index contributed by atoms with van der Waals surface area (Å²) in [5.74, 6) is -0.471. The molecule has 0 aliphatic heterocycles. The second-order valence-electron chi connectivity index (χ2n) is 4.38. The molecule has 20 heavy (non-hydrogen) atoms. The smallest absolute Gasteiger partial charge is 0.397 e. The van der Waals surface area contributed by atoms with E-state index in [1.165, 1.54) is 0 Å². The summed E-state index contributed by atoms with van der Waals surface area (Å²) in [6, 6.07) is 1.93. The van der Waals surface area contributed by atoms with Gasteiger partial charge in [-0.25, -0.2) is 0 Å². The van der Waals surface area contributed by atoms with E-state index in [2.05, 4.69) is 5.32 Å². The van der Waals surface area contributed by atoms with Crippen LogP contribution in [-0.4, -0.2) is 18.4 Å². The molecule has 1 aromatic carbocycles. The van der Waals surface area contributed by atoms with Gasteiger partial charge in [0.15, 0.2) is 5.78 Å². The predicted molar refractivity (Wildman–Crippen MR) is 75.6 cm³/mol. The molecule has 0 radical (unpaired) electrons. The van der Waals surface area contributed by atoms with Crippen molar-refractivity contribution in [2.24, 2.45) is 0 Å². The Hall–Kier alpha value is -0.980. The van der Waals surface area contributed by atoms with Crippen LogP contribution in [0.3, 0.4) is 0 Å². The van der Waals surface area contributed by atoms with E-state index in [1.807, 2.05) is 13.8 Å². The Morgan fingerprint density at radius 1 is 1.40 bits per heavy atom. The number of hydrogen-bond donors (Lipinski definition) is 2. The largest absolute Gasteiger partial charge is 0.418 e. The van der Waals surface area contributed by atoms with Crippen LogP contribution in [0.15, 0.2) is 12.1 Å². The lowest BCUT2D eigenvalue weighted by molar-refractivity contribution is -0.136. The lowest BCUT2D eigenvalue weighted by Crippen LogP contribution is -2.29. The SMILES string of the molecule is CC(C)NCC(=O)c1cc(Cl)c(N)c(C(F)(F)F)c1.Cl. The number of nitrogens with two attached hydrogens (primary N) is 1. The Bertz CT molecular complexity index is 490. The van der Waals surface area contributed by atoms with Crippen molar-refractivity contribution in [2.75, 3.05) is 12.3 Å². The van der Waals surface area contributed by atoms with Crippen LogP contribution >= 0.6 is 24.0 Å². The molecule has 0 unspecified atom stereocenters. The van der Waals surface area contributed by atoms with Gasteiger partial charge in [-0.15, -0.1) is 12.4 Å². The van der Waals surface area contributed by atoms with Crippen molar-refractivity contribution in [3.63, 3.8) is 0 Å². The van der Waals surface area contributed by atoms with Crippen molar-refractivity contribution in [1.82, 2.24) is 5.32 Å². The Morgan fingerprint density at radius 2 is 1.95 bits per heavy atom. The number of halogens is 5. The molecule has 0 saturated heterocycles. The number of nitrogen functional groups attached to an aromatic ring is 1. The highest BCUT2D eigenvalue weighted by molar-refractivity contribution is 6.33. The second kappa shape index (κ2) is 7.15. The lowest BCUT2D eigenvalue weighted by atomic mass is 10.0. The van der Waals surface area contributed by atoms with Crippen molar-refractivity contribution in [3.05, 3.63) is 28.3 Å². The monoisotopic (exact) mass is 330 g/mol. The maximum absolute atomic E-state index is 12.7. The summed E-state index contributed by atoms with van der Waals surface area (Å²) in [5.41, 5.74) is 3.51. The van der Waals surface area contributed by atoms with Crippen molar-refractivity contribution in [3.8, 4) is 0 Å². The average Bonchev–Trinajstić information content (AvgIpc) is 2.27. The standard InChI is InChI=1S/C12H14ClF3N2O.ClH/c1-6(2)18-5-10(19)7-3-8(12(14,15)16)11(17)9(13)4-7;/h3-4,6,18H,5,17H2,1-2H3;1H. The highest BCUT2D eigenvalue weighted by Gasteiger charge is 2.34. The fourth-order valence-corrected chi connectivity index (χ4v) is 1.63. The number of hydrogen-bond acceptors (Lipinski definition) is 3. The summed E-state index contributed by atoms with van der Waals surface area (Å²) in [6.45, 7) is 3.59. The first kappa shape index (κ1) is 19.0. The molecule has 0 aliphatic rings. The number of benzene rings is 1. The minimum atomic E-state index is -4.64. The van der Waals surface area contributed by atoms with Gasteiger partial charge in [0.25, 0.3) is 0 Å². The zero-order valence-corrected chi connectivity index (χ0v) is 12.4. The Kier molecular flexibility index (Phi) is 6.80. The molecule has 0 aromatic heterocycles. The van der Waals surface area contributed by atoms with Crippen LogP contribution in [0.1, 0.15) is 29.8 Å². The third kappa shape index (κ3) is 4.85. The van der Waals surface area contributed by atoms with Crippen LogP contribution in [-0.2, 0) is 6.18 Å². The molecule has 0 amide bonds. The molecule has 0 aliphatic carbocycles. The highest BCUT2D eigenvalue weighted by atomic mass is 35.5. The molecule has 0 bridgehead atoms. The molecule has 1 rings (SSSR count). The van der Waals surface area contributed by atoms with E-state index in [4.69, 9.17) is 17.3 Å². The van der Waals surface area contributed by atoms with Crippen LogP contribution < -0.4 is 11.1 Å². The van der Waals surface area contributed by atoms with Gasteiger partial charge in [-0.1, -0.05) is 25.4 Å². The molecule has 3 nitrogen and oxygen atoms in total. The summed E-state index contributed by atoms with van der Waals surface area (Å²) >= 11 is 5.63. The lowest BCUT2D eigenvalue weighted by Gasteiger charge is -2.13. The molecule has 0 fully saturated rings. The number of carbonyl (C=O) groups is 1. The van der Waals surface area contributed by atoms with E-state index in [-0.39, 0.29) is 35.6 Å².